The Morgan fingerprint density at radius 1 is 1.52 bits per heavy atom. The van der Waals surface area contributed by atoms with Crippen LogP contribution in [0.2, 0.25) is 0 Å². The minimum Gasteiger partial charge on any atom is -0.390 e. The lowest BCUT2D eigenvalue weighted by molar-refractivity contribution is -0.385. The Morgan fingerprint density at radius 2 is 2.35 bits per heavy atom. The van der Waals surface area contributed by atoms with Crippen LogP contribution < -0.4 is 0 Å². The molecule has 0 saturated carbocycles. The minimum atomic E-state index is -0.601. The highest BCUT2D eigenvalue weighted by Gasteiger charge is 2.28. The van der Waals surface area contributed by atoms with Crippen LogP contribution in [-0.4, -0.2) is 43.9 Å². The van der Waals surface area contributed by atoms with E-state index in [0.717, 1.165) is 19.4 Å². The molecule has 1 saturated heterocycles. The van der Waals surface area contributed by atoms with Gasteiger partial charge in [-0.3, -0.25) is 19.7 Å². The first-order valence-corrected chi connectivity index (χ1v) is 8.50. The third kappa shape index (κ3) is 3.77. The van der Waals surface area contributed by atoms with Gasteiger partial charge in [0.05, 0.1) is 17.6 Å². The number of aryl methyl sites for hydroxylation is 1. The molecule has 7 nitrogen and oxygen atoms in total. The van der Waals surface area contributed by atoms with Crippen LogP contribution >= 0.6 is 11.3 Å². The number of thiophene rings is 1. The van der Waals surface area contributed by atoms with E-state index in [1.165, 1.54) is 26.8 Å². The normalized spacial score (nSPS) is 20.0. The summed E-state index contributed by atoms with van der Waals surface area (Å²) in [6.45, 7) is 3.89. The summed E-state index contributed by atoms with van der Waals surface area (Å²) in [6, 6.07) is 4.68. The zero-order valence-corrected chi connectivity index (χ0v) is 13.8. The molecule has 1 N–H and O–H groups in total. The van der Waals surface area contributed by atoms with Crippen molar-refractivity contribution in [3.63, 3.8) is 0 Å². The second-order valence-corrected chi connectivity index (χ2v) is 7.25. The molecule has 2 aromatic heterocycles. The molecule has 23 heavy (non-hydrogen) atoms. The molecule has 8 heteroatoms. The van der Waals surface area contributed by atoms with Gasteiger partial charge in [0, 0.05) is 22.3 Å². The van der Waals surface area contributed by atoms with E-state index in [1.807, 2.05) is 11.3 Å². The van der Waals surface area contributed by atoms with Crippen LogP contribution in [0.3, 0.4) is 0 Å². The number of β-amino-alcohol motifs (C(OH)–C–C–N with tert-alkyl or cyclic N) is 1. The number of hydrogen-bond acceptors (Lipinski definition) is 6. The lowest BCUT2D eigenvalue weighted by Crippen LogP contribution is -2.34. The zero-order chi connectivity index (χ0) is 16.4. The predicted octanol–water partition coefficient (Wildman–Crippen LogP) is 2.36. The van der Waals surface area contributed by atoms with Gasteiger partial charge < -0.3 is 5.11 Å². The number of nitrogens with zero attached hydrogens (tertiary/aromatic N) is 4. The lowest BCUT2D eigenvalue weighted by Gasteiger charge is -2.26. The largest absolute Gasteiger partial charge is 0.390 e. The lowest BCUT2D eigenvalue weighted by atomic mass is 10.2. The van der Waals surface area contributed by atoms with E-state index in [4.69, 9.17) is 0 Å². The third-order valence-electron chi connectivity index (χ3n) is 4.13. The molecule has 3 heterocycles. The average molecular weight is 336 g/mol. The Morgan fingerprint density at radius 3 is 3.00 bits per heavy atom. The number of hydrogen-bond donors (Lipinski definition) is 1. The smallest absolute Gasteiger partial charge is 0.306 e. The van der Waals surface area contributed by atoms with Crippen molar-refractivity contribution >= 4 is 17.0 Å². The quantitative estimate of drug-likeness (QED) is 0.646. The second-order valence-electron chi connectivity index (χ2n) is 5.93. The van der Waals surface area contributed by atoms with Crippen LogP contribution in [-0.2, 0) is 6.54 Å². The van der Waals surface area contributed by atoms with E-state index in [0.29, 0.717) is 12.6 Å². The molecule has 0 aromatic carbocycles. The Labute approximate surface area is 138 Å². The van der Waals surface area contributed by atoms with E-state index in [-0.39, 0.29) is 12.2 Å². The second kappa shape index (κ2) is 6.77. The highest BCUT2D eigenvalue weighted by atomic mass is 32.1. The number of rotatable bonds is 6. The molecule has 0 amide bonds. The van der Waals surface area contributed by atoms with Gasteiger partial charge in [-0.15, -0.1) is 11.3 Å². The molecule has 124 valence electrons. The average Bonchev–Trinajstić information content (AvgIpc) is 3.19. The summed E-state index contributed by atoms with van der Waals surface area (Å²) in [4.78, 5) is 15.1. The van der Waals surface area contributed by atoms with Crippen molar-refractivity contribution in [3.05, 3.63) is 44.4 Å². The fourth-order valence-electron chi connectivity index (χ4n) is 3.09. The molecule has 2 aromatic rings. The van der Waals surface area contributed by atoms with E-state index in [1.54, 1.807) is 0 Å². The zero-order valence-electron chi connectivity index (χ0n) is 13.0. The van der Waals surface area contributed by atoms with Gasteiger partial charge in [0.2, 0.25) is 0 Å². The van der Waals surface area contributed by atoms with Crippen molar-refractivity contribution < 1.29 is 10.0 Å². The van der Waals surface area contributed by atoms with Crippen molar-refractivity contribution in [1.82, 2.24) is 14.7 Å². The Kier molecular flexibility index (Phi) is 4.74. The number of aliphatic hydroxyl groups excluding tert-OH is 1. The summed E-state index contributed by atoms with van der Waals surface area (Å²) >= 11 is 1.81. The van der Waals surface area contributed by atoms with Gasteiger partial charge in [-0.25, -0.2) is 0 Å². The molecular weight excluding hydrogens is 316 g/mol. The summed E-state index contributed by atoms with van der Waals surface area (Å²) in [5, 5.41) is 24.9. The Bertz CT molecular complexity index is 684. The van der Waals surface area contributed by atoms with Gasteiger partial charge in [0.15, 0.2) is 0 Å². The first-order chi connectivity index (χ1) is 11.0. The topological polar surface area (TPSA) is 84.4 Å². The van der Waals surface area contributed by atoms with Crippen molar-refractivity contribution in [1.29, 1.82) is 0 Å². The molecule has 2 unspecified atom stereocenters. The Hall–Kier alpha value is -1.77. The van der Waals surface area contributed by atoms with Crippen LogP contribution in [0.4, 0.5) is 5.69 Å². The number of likely N-dealkylation sites (tertiary alicyclic amines) is 1. The molecule has 2 atom stereocenters. The highest BCUT2D eigenvalue weighted by molar-refractivity contribution is 7.12. The molecule has 0 radical (unpaired) electrons. The van der Waals surface area contributed by atoms with Crippen LogP contribution in [0.1, 0.15) is 28.6 Å². The SMILES string of the molecule is Cc1ccc(C2CCCN2CC(O)Cn2cc([N+](=O)[O-])cn2)s1. The highest BCUT2D eigenvalue weighted by Crippen LogP contribution is 2.35. The first kappa shape index (κ1) is 16.1. The molecule has 0 bridgehead atoms. The van der Waals surface area contributed by atoms with Gasteiger partial charge >= 0.3 is 5.69 Å². The maximum absolute atomic E-state index is 10.7. The molecule has 0 aliphatic carbocycles. The summed E-state index contributed by atoms with van der Waals surface area (Å²) in [6.07, 6.45) is 4.20. The monoisotopic (exact) mass is 336 g/mol. The predicted molar refractivity (Wildman–Crippen MR) is 87.5 cm³/mol. The van der Waals surface area contributed by atoms with E-state index < -0.39 is 11.0 Å². The maximum Gasteiger partial charge on any atom is 0.306 e. The van der Waals surface area contributed by atoms with Gasteiger partial charge in [0.1, 0.15) is 12.4 Å². The fraction of sp³-hybridized carbons (Fsp3) is 0.533. The number of nitro groups is 1. The van der Waals surface area contributed by atoms with Gasteiger partial charge in [0.25, 0.3) is 0 Å². The maximum atomic E-state index is 10.7. The van der Waals surface area contributed by atoms with E-state index >= 15 is 0 Å². The van der Waals surface area contributed by atoms with Crippen LogP contribution in [0.15, 0.2) is 24.5 Å². The van der Waals surface area contributed by atoms with Crippen LogP contribution in [0.5, 0.6) is 0 Å². The van der Waals surface area contributed by atoms with Crippen molar-refractivity contribution in [3.8, 4) is 0 Å². The number of aliphatic hydroxyl groups is 1. The molecule has 1 aliphatic rings. The van der Waals surface area contributed by atoms with Crippen LogP contribution in [0.25, 0.3) is 0 Å². The van der Waals surface area contributed by atoms with Crippen molar-refractivity contribution in [2.24, 2.45) is 0 Å². The van der Waals surface area contributed by atoms with Crippen molar-refractivity contribution in [2.75, 3.05) is 13.1 Å². The first-order valence-electron chi connectivity index (χ1n) is 7.68. The fourth-order valence-corrected chi connectivity index (χ4v) is 4.14. The number of aromatic nitrogens is 2. The summed E-state index contributed by atoms with van der Waals surface area (Å²) < 4.78 is 1.43. The summed E-state index contributed by atoms with van der Waals surface area (Å²) in [5.74, 6) is 0. The standard InChI is InChI=1S/C15H20N4O3S/c1-11-4-5-15(23-11)14-3-2-6-17(14)9-13(20)10-18-8-12(7-16-18)19(21)22/h4-5,7-8,13-14,20H,2-3,6,9-10H2,1H3. The summed E-state index contributed by atoms with van der Waals surface area (Å²) in [5.41, 5.74) is -0.0506. The van der Waals surface area contributed by atoms with Gasteiger partial charge in [-0.05, 0) is 38.4 Å². The molecular formula is C15H20N4O3S. The molecule has 1 fully saturated rings. The molecule has 0 spiro atoms. The third-order valence-corrected chi connectivity index (χ3v) is 5.23. The van der Waals surface area contributed by atoms with Gasteiger partial charge in [-0.2, -0.15) is 5.10 Å². The molecule has 3 rings (SSSR count). The van der Waals surface area contributed by atoms with Crippen LogP contribution in [0, 0.1) is 17.0 Å². The summed E-state index contributed by atoms with van der Waals surface area (Å²) in [7, 11) is 0. The van der Waals surface area contributed by atoms with Crippen molar-refractivity contribution in [2.45, 2.75) is 38.5 Å². The van der Waals surface area contributed by atoms with Gasteiger partial charge in [-0.1, -0.05) is 0 Å². The molecule has 1 aliphatic heterocycles. The Balaban J connectivity index is 1.60. The van der Waals surface area contributed by atoms with E-state index in [2.05, 4.69) is 29.1 Å². The minimum absolute atomic E-state index is 0.0506. The van der Waals surface area contributed by atoms with E-state index in [9.17, 15) is 15.2 Å².